The molecular formula is C27H51N5O8. The van der Waals surface area contributed by atoms with Gasteiger partial charge >= 0.3 is 18.2 Å². The Morgan fingerprint density at radius 2 is 1.18 bits per heavy atom. The first-order chi connectivity index (χ1) is 18.3. The van der Waals surface area contributed by atoms with Gasteiger partial charge in [0.1, 0.15) is 22.8 Å². The largest absolute Gasteiger partial charge is 0.467 e. The number of esters is 1. The van der Waals surface area contributed by atoms with Gasteiger partial charge in [0.25, 0.3) is 0 Å². The van der Waals surface area contributed by atoms with E-state index >= 15 is 0 Å². The maximum absolute atomic E-state index is 12.9. The van der Waals surface area contributed by atoms with Crippen LogP contribution >= 0.6 is 0 Å². The van der Waals surface area contributed by atoms with E-state index in [0.717, 1.165) is 0 Å². The molecule has 0 aliphatic rings. The molecule has 0 fully saturated rings. The zero-order valence-electron chi connectivity index (χ0n) is 25.7. The molecule has 0 radical (unpaired) electrons. The summed E-state index contributed by atoms with van der Waals surface area (Å²) in [4.78, 5) is 61.2. The number of hydrogen-bond donors (Lipinski definition) is 5. The molecule has 0 bridgehead atoms. The van der Waals surface area contributed by atoms with Crippen LogP contribution in [0.15, 0.2) is 0 Å². The van der Waals surface area contributed by atoms with E-state index in [4.69, 9.17) is 19.9 Å². The summed E-state index contributed by atoms with van der Waals surface area (Å²) < 4.78 is 15.1. The molecule has 2 atom stereocenters. The molecule has 0 unspecified atom stereocenters. The van der Waals surface area contributed by atoms with Crippen molar-refractivity contribution in [1.29, 1.82) is 0 Å². The number of nitrogens with one attached hydrogen (secondary N) is 4. The van der Waals surface area contributed by atoms with Crippen LogP contribution in [0.4, 0.5) is 9.59 Å². The van der Waals surface area contributed by atoms with Crippen LogP contribution < -0.4 is 27.0 Å². The van der Waals surface area contributed by atoms with E-state index in [0.29, 0.717) is 45.2 Å². The second-order valence-corrected chi connectivity index (χ2v) is 12.1. The molecule has 13 heteroatoms. The fraction of sp³-hybridized carbons (Fsp3) is 0.815. The van der Waals surface area contributed by atoms with Gasteiger partial charge in [-0.05, 0) is 93.9 Å². The van der Waals surface area contributed by atoms with Crippen molar-refractivity contribution in [2.24, 2.45) is 5.73 Å². The van der Waals surface area contributed by atoms with Gasteiger partial charge in [-0.15, -0.1) is 0 Å². The smallest absolute Gasteiger partial charge is 0.407 e. The molecule has 0 heterocycles. The minimum Gasteiger partial charge on any atom is -0.467 e. The van der Waals surface area contributed by atoms with Gasteiger partial charge in [0.05, 0.1) is 13.2 Å². The molecule has 4 amide bonds. The molecule has 0 aliphatic heterocycles. The van der Waals surface area contributed by atoms with Crippen LogP contribution in [0, 0.1) is 0 Å². The van der Waals surface area contributed by atoms with E-state index in [1.807, 2.05) is 0 Å². The van der Waals surface area contributed by atoms with E-state index in [2.05, 4.69) is 21.3 Å². The minimum absolute atomic E-state index is 0.273. The summed E-state index contributed by atoms with van der Waals surface area (Å²) in [5.41, 5.74) is 3.47. The highest BCUT2D eigenvalue weighted by Crippen LogP contribution is 2.10. The van der Waals surface area contributed by atoms with Crippen LogP contribution in [-0.2, 0) is 28.6 Å². The Morgan fingerprint density at radius 1 is 0.725 bits per heavy atom. The first-order valence-corrected chi connectivity index (χ1v) is 13.7. The predicted molar refractivity (Wildman–Crippen MR) is 150 cm³/mol. The lowest BCUT2D eigenvalue weighted by Gasteiger charge is -2.28. The van der Waals surface area contributed by atoms with Gasteiger partial charge in [-0.2, -0.15) is 0 Å². The molecule has 40 heavy (non-hydrogen) atoms. The van der Waals surface area contributed by atoms with Crippen LogP contribution in [0.2, 0.25) is 0 Å². The van der Waals surface area contributed by atoms with Gasteiger partial charge in [-0.1, -0.05) is 0 Å². The Kier molecular flexibility index (Phi) is 15.6. The Bertz CT molecular complexity index is 849. The van der Waals surface area contributed by atoms with Crippen LogP contribution in [0.25, 0.3) is 0 Å². The average Bonchev–Trinajstić information content (AvgIpc) is 2.79. The van der Waals surface area contributed by atoms with Gasteiger partial charge in [-0.25, -0.2) is 14.4 Å². The van der Waals surface area contributed by atoms with Gasteiger partial charge in [0.15, 0.2) is 0 Å². The van der Waals surface area contributed by atoms with Gasteiger partial charge in [-0.3, -0.25) is 9.59 Å². The van der Waals surface area contributed by atoms with Crippen LogP contribution in [0.1, 0.15) is 93.9 Å². The molecule has 13 nitrogen and oxygen atoms in total. The molecule has 0 aromatic rings. The topological polar surface area (TPSA) is 187 Å². The quantitative estimate of drug-likeness (QED) is 0.111. The number of rotatable bonds is 15. The van der Waals surface area contributed by atoms with Crippen LogP contribution in [0.5, 0.6) is 0 Å². The van der Waals surface area contributed by atoms with Crippen molar-refractivity contribution in [2.75, 3.05) is 20.2 Å². The third-order valence-electron chi connectivity index (χ3n) is 5.33. The summed E-state index contributed by atoms with van der Waals surface area (Å²) >= 11 is 0. The first kappa shape index (κ1) is 36.9. The van der Waals surface area contributed by atoms with E-state index in [9.17, 15) is 24.0 Å². The van der Waals surface area contributed by atoms with E-state index in [1.54, 1.807) is 41.5 Å². The molecule has 0 aromatic heterocycles. The maximum atomic E-state index is 12.9. The van der Waals surface area contributed by atoms with Crippen molar-refractivity contribution >= 4 is 30.0 Å². The lowest BCUT2D eigenvalue weighted by molar-refractivity contribution is -0.146. The second kappa shape index (κ2) is 16.9. The highest BCUT2D eigenvalue weighted by atomic mass is 16.6. The SMILES string of the molecule is COC(=O)[C@H](CCCCNC(=O)OC(C)(C)C)NC(=O)C(C)(C)NC(=O)[C@@H](N)CCCCNC(=O)OC(C)(C)C. The molecule has 0 rings (SSSR count). The average molecular weight is 574 g/mol. The zero-order chi connectivity index (χ0) is 31.1. The summed E-state index contributed by atoms with van der Waals surface area (Å²) in [5, 5.41) is 10.6. The normalized spacial score (nSPS) is 13.3. The number of unbranched alkanes of at least 4 members (excludes halogenated alkanes) is 2. The number of methoxy groups -OCH3 is 1. The zero-order valence-corrected chi connectivity index (χ0v) is 25.7. The molecule has 232 valence electrons. The number of carbonyl (C=O) groups is 5. The fourth-order valence-electron chi connectivity index (χ4n) is 3.29. The first-order valence-electron chi connectivity index (χ1n) is 13.7. The lowest BCUT2D eigenvalue weighted by Crippen LogP contribution is -2.60. The summed E-state index contributed by atoms with van der Waals surface area (Å²) in [5.74, 6) is -1.70. The van der Waals surface area contributed by atoms with Crippen molar-refractivity contribution in [2.45, 2.75) is 123 Å². The molecule has 0 spiro atoms. The van der Waals surface area contributed by atoms with Gasteiger partial charge < -0.3 is 41.2 Å². The lowest BCUT2D eigenvalue weighted by atomic mass is 10.0. The molecule has 6 N–H and O–H groups in total. The van der Waals surface area contributed by atoms with Crippen molar-refractivity contribution in [3.63, 3.8) is 0 Å². The number of carbonyl (C=O) groups excluding carboxylic acids is 5. The molecule has 0 saturated carbocycles. The predicted octanol–water partition coefficient (Wildman–Crippen LogP) is 2.26. The molecular weight excluding hydrogens is 522 g/mol. The highest BCUT2D eigenvalue weighted by molar-refractivity contribution is 5.94. The van der Waals surface area contributed by atoms with E-state index in [1.165, 1.54) is 21.0 Å². The van der Waals surface area contributed by atoms with Crippen molar-refractivity contribution in [3.05, 3.63) is 0 Å². The Hall–Kier alpha value is -3.09. The second-order valence-electron chi connectivity index (χ2n) is 12.1. The number of amides is 4. The summed E-state index contributed by atoms with van der Waals surface area (Å²) in [7, 11) is 1.22. The number of nitrogens with two attached hydrogens (primary N) is 1. The Balaban J connectivity index is 4.61. The van der Waals surface area contributed by atoms with Gasteiger partial charge in [0.2, 0.25) is 11.8 Å². The van der Waals surface area contributed by atoms with Crippen molar-refractivity contribution in [3.8, 4) is 0 Å². The Morgan fingerprint density at radius 3 is 1.60 bits per heavy atom. The van der Waals surface area contributed by atoms with Crippen LogP contribution in [-0.4, -0.2) is 79.0 Å². The third kappa shape index (κ3) is 17.5. The maximum Gasteiger partial charge on any atom is 0.407 e. The van der Waals surface area contributed by atoms with E-state index < -0.39 is 58.8 Å². The Labute approximate surface area is 238 Å². The van der Waals surface area contributed by atoms with E-state index in [-0.39, 0.29) is 6.42 Å². The highest BCUT2D eigenvalue weighted by Gasteiger charge is 2.34. The third-order valence-corrected chi connectivity index (χ3v) is 5.33. The summed E-state index contributed by atoms with van der Waals surface area (Å²) in [6.07, 6.45) is 1.81. The molecule has 0 aromatic carbocycles. The standard InChI is InChI=1S/C27H51N5O8/c1-25(2,3)39-23(36)29-16-12-10-14-18(28)20(33)32-27(7,8)22(35)31-19(21(34)38-9)15-11-13-17-30-24(37)40-26(4,5)6/h18-19H,10-17,28H2,1-9H3,(H,29,36)(H,30,37)(H,31,35)(H,32,33)/t18-,19-/m0/s1. The number of alkyl carbamates (subject to hydrolysis) is 2. The molecule has 0 saturated heterocycles. The number of hydrogen-bond acceptors (Lipinski definition) is 9. The summed E-state index contributed by atoms with van der Waals surface area (Å²) in [6.45, 7) is 14.4. The summed E-state index contributed by atoms with van der Waals surface area (Å²) in [6, 6.07) is -1.79. The monoisotopic (exact) mass is 573 g/mol. The van der Waals surface area contributed by atoms with Crippen LogP contribution in [0.3, 0.4) is 0 Å². The minimum atomic E-state index is -1.35. The van der Waals surface area contributed by atoms with Crippen molar-refractivity contribution < 1.29 is 38.2 Å². The van der Waals surface area contributed by atoms with Crippen molar-refractivity contribution in [1.82, 2.24) is 21.3 Å². The van der Waals surface area contributed by atoms with Gasteiger partial charge in [0, 0.05) is 13.1 Å². The number of ether oxygens (including phenoxy) is 3. The molecule has 0 aliphatic carbocycles. The fourth-order valence-corrected chi connectivity index (χ4v) is 3.29.